The van der Waals surface area contributed by atoms with Gasteiger partial charge in [0, 0.05) is 18.5 Å². The SMILES string of the molecule is O=C(P)CCCn1c(-c2ccccc2)nc2ccccc21. The van der Waals surface area contributed by atoms with Gasteiger partial charge in [-0.15, -0.1) is 0 Å². The summed E-state index contributed by atoms with van der Waals surface area (Å²) in [5, 5.41) is 0. The van der Waals surface area contributed by atoms with Crippen molar-refractivity contribution in [1.29, 1.82) is 0 Å². The molecule has 0 amide bonds. The Bertz CT molecular complexity index is 765. The maximum atomic E-state index is 11.1. The molecule has 0 fully saturated rings. The topological polar surface area (TPSA) is 34.9 Å². The number of benzene rings is 2. The largest absolute Gasteiger partial charge is 0.324 e. The highest BCUT2D eigenvalue weighted by Crippen LogP contribution is 2.25. The number of aromatic nitrogens is 2. The second-order valence-corrected chi connectivity index (χ2v) is 5.66. The maximum Gasteiger partial charge on any atom is 0.148 e. The molecule has 1 heterocycles. The summed E-state index contributed by atoms with van der Waals surface area (Å²) in [4.78, 5) is 15.9. The van der Waals surface area contributed by atoms with Gasteiger partial charge in [0.1, 0.15) is 11.3 Å². The van der Waals surface area contributed by atoms with E-state index in [1.54, 1.807) is 0 Å². The van der Waals surface area contributed by atoms with Gasteiger partial charge in [0.2, 0.25) is 0 Å². The molecular formula is C17H17N2OP. The fourth-order valence-corrected chi connectivity index (χ4v) is 2.72. The van der Waals surface area contributed by atoms with E-state index in [1.165, 1.54) is 0 Å². The van der Waals surface area contributed by atoms with Crippen molar-refractivity contribution >= 4 is 25.8 Å². The molecule has 0 aliphatic carbocycles. The van der Waals surface area contributed by atoms with Gasteiger partial charge in [-0.1, -0.05) is 51.7 Å². The highest BCUT2D eigenvalue weighted by Gasteiger charge is 2.11. The van der Waals surface area contributed by atoms with Crippen LogP contribution in [0.3, 0.4) is 0 Å². The summed E-state index contributed by atoms with van der Waals surface area (Å²) < 4.78 is 2.21. The van der Waals surface area contributed by atoms with E-state index < -0.39 is 0 Å². The molecule has 0 aliphatic rings. The van der Waals surface area contributed by atoms with Gasteiger partial charge in [0.05, 0.1) is 11.0 Å². The molecule has 2 aromatic carbocycles. The van der Waals surface area contributed by atoms with Crippen LogP contribution in [0.15, 0.2) is 54.6 Å². The van der Waals surface area contributed by atoms with Crippen LogP contribution in [0.25, 0.3) is 22.4 Å². The summed E-state index contributed by atoms with van der Waals surface area (Å²) in [5.41, 5.74) is 3.37. The minimum absolute atomic E-state index is 0.153. The van der Waals surface area contributed by atoms with Gasteiger partial charge in [-0.25, -0.2) is 4.98 Å². The molecule has 0 saturated heterocycles. The van der Waals surface area contributed by atoms with Crippen molar-refractivity contribution in [3.63, 3.8) is 0 Å². The van der Waals surface area contributed by atoms with Crippen molar-refractivity contribution in [2.45, 2.75) is 19.4 Å². The first-order valence-corrected chi connectivity index (χ1v) is 7.62. The molecule has 1 unspecified atom stereocenters. The van der Waals surface area contributed by atoms with Gasteiger partial charge in [-0.05, 0) is 18.6 Å². The van der Waals surface area contributed by atoms with Crippen LogP contribution in [-0.2, 0) is 11.3 Å². The molecule has 0 saturated carbocycles. The monoisotopic (exact) mass is 296 g/mol. The summed E-state index contributed by atoms with van der Waals surface area (Å²) in [5.74, 6) is 0.966. The molecular weight excluding hydrogens is 279 g/mol. The van der Waals surface area contributed by atoms with Crippen LogP contribution in [0, 0.1) is 0 Å². The lowest BCUT2D eigenvalue weighted by Gasteiger charge is -2.08. The van der Waals surface area contributed by atoms with Gasteiger partial charge in [0.15, 0.2) is 0 Å². The molecule has 0 spiro atoms. The minimum Gasteiger partial charge on any atom is -0.324 e. The summed E-state index contributed by atoms with van der Waals surface area (Å²) in [7, 11) is 2.24. The highest BCUT2D eigenvalue weighted by atomic mass is 31.0. The number of nitrogens with zero attached hydrogens (tertiary/aromatic N) is 2. The number of aryl methyl sites for hydroxylation is 1. The molecule has 3 nitrogen and oxygen atoms in total. The van der Waals surface area contributed by atoms with Gasteiger partial charge < -0.3 is 4.57 Å². The molecule has 106 valence electrons. The van der Waals surface area contributed by atoms with Crippen molar-refractivity contribution in [1.82, 2.24) is 9.55 Å². The Hall–Kier alpha value is -1.99. The third kappa shape index (κ3) is 3.03. The Kier molecular flexibility index (Phi) is 4.12. The van der Waals surface area contributed by atoms with Gasteiger partial charge in [-0.2, -0.15) is 0 Å². The van der Waals surface area contributed by atoms with Crippen molar-refractivity contribution in [2.24, 2.45) is 0 Å². The Balaban J connectivity index is 2.04. The molecule has 1 atom stereocenters. The number of fused-ring (bicyclic) bond motifs is 1. The number of carbonyl (C=O) groups is 1. The zero-order chi connectivity index (χ0) is 14.7. The molecule has 4 heteroatoms. The van der Waals surface area contributed by atoms with E-state index in [-0.39, 0.29) is 5.52 Å². The van der Waals surface area contributed by atoms with Gasteiger partial charge in [0.25, 0.3) is 0 Å². The molecule has 0 bridgehead atoms. The molecule has 1 aromatic heterocycles. The minimum atomic E-state index is 0.153. The molecule has 0 aliphatic heterocycles. The first-order valence-electron chi connectivity index (χ1n) is 7.05. The number of imidazole rings is 1. The third-order valence-corrected chi connectivity index (χ3v) is 3.78. The number of rotatable bonds is 5. The highest BCUT2D eigenvalue weighted by molar-refractivity contribution is 7.40. The van der Waals surface area contributed by atoms with Crippen LogP contribution in [0.2, 0.25) is 0 Å². The molecule has 0 N–H and O–H groups in total. The fraction of sp³-hybridized carbons (Fsp3) is 0.176. The summed E-state index contributed by atoms with van der Waals surface area (Å²) in [6.45, 7) is 0.797. The van der Waals surface area contributed by atoms with Crippen LogP contribution >= 0.6 is 9.24 Å². The lowest BCUT2D eigenvalue weighted by atomic mass is 10.2. The number of hydrogen-bond donors (Lipinski definition) is 0. The van der Waals surface area contributed by atoms with Crippen LogP contribution in [-0.4, -0.2) is 15.1 Å². The normalized spacial score (nSPS) is 10.9. The van der Waals surface area contributed by atoms with E-state index in [0.29, 0.717) is 6.42 Å². The number of para-hydroxylation sites is 2. The standard InChI is InChI=1S/C17H17N2OP/c20-16(21)11-6-12-19-15-10-5-4-9-14(15)18-17(19)13-7-2-1-3-8-13/h1-5,7-10H,6,11-12,21H2. The van der Waals surface area contributed by atoms with Gasteiger partial charge >= 0.3 is 0 Å². The fourth-order valence-electron chi connectivity index (χ4n) is 2.52. The average molecular weight is 296 g/mol. The van der Waals surface area contributed by atoms with Crippen LogP contribution in [0.1, 0.15) is 12.8 Å². The van der Waals surface area contributed by atoms with Crippen molar-refractivity contribution < 1.29 is 4.79 Å². The second kappa shape index (κ2) is 6.19. The van der Waals surface area contributed by atoms with Crippen molar-refractivity contribution in [3.8, 4) is 11.4 Å². The first kappa shape index (κ1) is 14.0. The van der Waals surface area contributed by atoms with E-state index in [9.17, 15) is 4.79 Å². The third-order valence-electron chi connectivity index (χ3n) is 3.49. The number of carbonyl (C=O) groups excluding carboxylic acids is 1. The van der Waals surface area contributed by atoms with E-state index in [0.717, 1.165) is 35.4 Å². The Morgan fingerprint density at radius 1 is 1.05 bits per heavy atom. The maximum absolute atomic E-state index is 11.1. The average Bonchev–Trinajstić information content (AvgIpc) is 2.87. The zero-order valence-corrected chi connectivity index (χ0v) is 12.9. The lowest BCUT2D eigenvalue weighted by Crippen LogP contribution is -2.02. The smallest absolute Gasteiger partial charge is 0.148 e. The van der Waals surface area contributed by atoms with E-state index in [4.69, 9.17) is 4.98 Å². The Labute approximate surface area is 126 Å². The molecule has 21 heavy (non-hydrogen) atoms. The second-order valence-electron chi connectivity index (χ2n) is 5.01. The van der Waals surface area contributed by atoms with Crippen LogP contribution in [0.5, 0.6) is 0 Å². The van der Waals surface area contributed by atoms with E-state index in [2.05, 4.69) is 32.0 Å². The van der Waals surface area contributed by atoms with Crippen molar-refractivity contribution in [2.75, 3.05) is 0 Å². The van der Waals surface area contributed by atoms with E-state index >= 15 is 0 Å². The Morgan fingerprint density at radius 2 is 1.76 bits per heavy atom. The van der Waals surface area contributed by atoms with E-state index in [1.807, 2.05) is 36.4 Å². The van der Waals surface area contributed by atoms with Crippen molar-refractivity contribution in [3.05, 3.63) is 54.6 Å². The summed E-state index contributed by atoms with van der Waals surface area (Å²) >= 11 is 0. The molecule has 3 aromatic rings. The zero-order valence-electron chi connectivity index (χ0n) is 11.7. The first-order chi connectivity index (χ1) is 10.3. The van der Waals surface area contributed by atoms with Gasteiger partial charge in [-0.3, -0.25) is 4.79 Å². The molecule has 3 rings (SSSR count). The van der Waals surface area contributed by atoms with Crippen LogP contribution in [0.4, 0.5) is 0 Å². The quantitative estimate of drug-likeness (QED) is 0.670. The predicted octanol–water partition coefficient (Wildman–Crippen LogP) is 3.89. The molecule has 0 radical (unpaired) electrons. The Morgan fingerprint density at radius 3 is 2.52 bits per heavy atom. The predicted molar refractivity (Wildman–Crippen MR) is 89.1 cm³/mol. The lowest BCUT2D eigenvalue weighted by molar-refractivity contribution is -0.111. The summed E-state index contributed by atoms with van der Waals surface area (Å²) in [6, 6.07) is 18.3. The number of hydrogen-bond acceptors (Lipinski definition) is 2. The van der Waals surface area contributed by atoms with Crippen LogP contribution < -0.4 is 0 Å². The summed E-state index contributed by atoms with van der Waals surface area (Å²) in [6.07, 6.45) is 1.40.